The molecule has 3 aromatic rings. The number of nitrogen functional groups attached to an aromatic ring is 1. The molecule has 26 heavy (non-hydrogen) atoms. The highest BCUT2D eigenvalue weighted by Gasteiger charge is 2.22. The molecule has 1 aliphatic heterocycles. The number of anilines is 1. The van der Waals surface area contributed by atoms with Gasteiger partial charge in [-0.2, -0.15) is 0 Å². The fourth-order valence-corrected chi connectivity index (χ4v) is 3.25. The molecular weight excluding hydrogens is 352 g/mol. The lowest BCUT2D eigenvalue weighted by Gasteiger charge is -2.27. The van der Waals surface area contributed by atoms with Crippen LogP contribution >= 0.6 is 11.6 Å². The second kappa shape index (κ2) is 6.90. The number of nitrogens with zero attached hydrogens (tertiary/aromatic N) is 3. The van der Waals surface area contributed by atoms with Crippen LogP contribution in [0.4, 0.5) is 5.82 Å². The summed E-state index contributed by atoms with van der Waals surface area (Å²) in [6.07, 6.45) is 1.64. The van der Waals surface area contributed by atoms with Crippen LogP contribution in [-0.2, 0) is 4.74 Å². The molecule has 0 atom stereocenters. The molecule has 1 fully saturated rings. The third kappa shape index (κ3) is 3.09. The molecule has 0 unspecified atom stereocenters. The molecule has 0 saturated carbocycles. The van der Waals surface area contributed by atoms with E-state index in [0.29, 0.717) is 53.9 Å². The van der Waals surface area contributed by atoms with Gasteiger partial charge in [0.05, 0.1) is 35.0 Å². The molecule has 2 N–H and O–H groups in total. The maximum absolute atomic E-state index is 13.1. The molecule has 3 heterocycles. The Labute approximate surface area is 155 Å². The van der Waals surface area contributed by atoms with E-state index < -0.39 is 0 Å². The number of ether oxygens (including phenoxy) is 1. The van der Waals surface area contributed by atoms with Crippen LogP contribution in [0.3, 0.4) is 0 Å². The van der Waals surface area contributed by atoms with Crippen molar-refractivity contribution in [2.45, 2.75) is 0 Å². The van der Waals surface area contributed by atoms with Crippen molar-refractivity contribution in [1.29, 1.82) is 0 Å². The molecule has 1 aromatic carbocycles. The molecule has 0 spiro atoms. The summed E-state index contributed by atoms with van der Waals surface area (Å²) in [5.41, 5.74) is 8.25. The van der Waals surface area contributed by atoms with Crippen molar-refractivity contribution in [3.05, 3.63) is 53.2 Å². The van der Waals surface area contributed by atoms with E-state index in [1.807, 2.05) is 18.2 Å². The van der Waals surface area contributed by atoms with Gasteiger partial charge in [0.1, 0.15) is 5.82 Å². The number of fused-ring (bicyclic) bond motifs is 1. The minimum atomic E-state index is -0.0485. The molecule has 132 valence electrons. The molecule has 0 bridgehead atoms. The van der Waals surface area contributed by atoms with E-state index >= 15 is 0 Å². The molecule has 2 aromatic heterocycles. The van der Waals surface area contributed by atoms with E-state index in [1.54, 1.807) is 29.3 Å². The van der Waals surface area contributed by atoms with Gasteiger partial charge in [-0.15, -0.1) is 0 Å². The lowest BCUT2D eigenvalue weighted by atomic mass is 10.0. The Morgan fingerprint density at radius 3 is 2.73 bits per heavy atom. The predicted molar refractivity (Wildman–Crippen MR) is 101 cm³/mol. The van der Waals surface area contributed by atoms with Crippen LogP contribution < -0.4 is 5.73 Å². The zero-order valence-electron chi connectivity index (χ0n) is 14.0. The molecule has 0 radical (unpaired) electrons. The molecular formula is C19H17ClN4O2. The van der Waals surface area contributed by atoms with E-state index in [1.165, 1.54) is 0 Å². The summed E-state index contributed by atoms with van der Waals surface area (Å²) in [4.78, 5) is 23.7. The van der Waals surface area contributed by atoms with Gasteiger partial charge in [0.25, 0.3) is 5.91 Å². The van der Waals surface area contributed by atoms with Crippen LogP contribution in [0.2, 0.25) is 5.02 Å². The number of rotatable bonds is 2. The molecule has 4 rings (SSSR count). The summed E-state index contributed by atoms with van der Waals surface area (Å²) in [5, 5.41) is 1.24. The van der Waals surface area contributed by atoms with Gasteiger partial charge in [0, 0.05) is 30.2 Å². The zero-order chi connectivity index (χ0) is 18.1. The summed E-state index contributed by atoms with van der Waals surface area (Å²) in [6, 6.07) is 10.8. The fourth-order valence-electron chi connectivity index (χ4n) is 3.03. The Kier molecular flexibility index (Phi) is 4.44. The molecule has 6 nitrogen and oxygen atoms in total. The highest BCUT2D eigenvalue weighted by Crippen LogP contribution is 2.30. The number of amides is 1. The first-order valence-corrected chi connectivity index (χ1v) is 8.69. The van der Waals surface area contributed by atoms with E-state index in [9.17, 15) is 4.79 Å². The fraction of sp³-hybridized carbons (Fsp3) is 0.211. The van der Waals surface area contributed by atoms with E-state index in [-0.39, 0.29) is 5.91 Å². The molecule has 0 aliphatic carbocycles. The highest BCUT2D eigenvalue weighted by atomic mass is 35.5. The normalized spacial score (nSPS) is 14.6. The number of morpholine rings is 1. The SMILES string of the molecule is Nc1ccc(-c2cc(C(=O)N3CCOCC3)c3cccc(Cl)c3n2)cn1. The van der Waals surface area contributed by atoms with Crippen LogP contribution in [0.15, 0.2) is 42.6 Å². The van der Waals surface area contributed by atoms with E-state index in [0.717, 1.165) is 10.9 Å². The van der Waals surface area contributed by atoms with Gasteiger partial charge >= 0.3 is 0 Å². The predicted octanol–water partition coefficient (Wildman–Crippen LogP) is 3.00. The minimum absolute atomic E-state index is 0.0485. The van der Waals surface area contributed by atoms with Crippen molar-refractivity contribution < 1.29 is 9.53 Å². The van der Waals surface area contributed by atoms with Crippen molar-refractivity contribution in [3.63, 3.8) is 0 Å². The largest absolute Gasteiger partial charge is 0.384 e. The average Bonchev–Trinajstić information content (AvgIpc) is 2.68. The number of carbonyl (C=O) groups is 1. The van der Waals surface area contributed by atoms with Gasteiger partial charge < -0.3 is 15.4 Å². The lowest BCUT2D eigenvalue weighted by molar-refractivity contribution is 0.0304. The summed E-state index contributed by atoms with van der Waals surface area (Å²) < 4.78 is 5.35. The van der Waals surface area contributed by atoms with Gasteiger partial charge in [0.2, 0.25) is 0 Å². The third-order valence-electron chi connectivity index (χ3n) is 4.40. The van der Waals surface area contributed by atoms with Crippen LogP contribution in [-0.4, -0.2) is 47.1 Å². The number of para-hydroxylation sites is 1. The van der Waals surface area contributed by atoms with Crippen molar-refractivity contribution in [2.24, 2.45) is 0 Å². The monoisotopic (exact) mass is 368 g/mol. The average molecular weight is 369 g/mol. The van der Waals surface area contributed by atoms with Gasteiger partial charge in [0.15, 0.2) is 0 Å². The second-order valence-electron chi connectivity index (χ2n) is 6.07. The Balaban J connectivity index is 1.88. The number of benzene rings is 1. The Morgan fingerprint density at radius 2 is 2.00 bits per heavy atom. The van der Waals surface area contributed by atoms with Crippen molar-refractivity contribution in [2.75, 3.05) is 32.0 Å². The molecule has 1 saturated heterocycles. The first-order chi connectivity index (χ1) is 12.6. The van der Waals surface area contributed by atoms with Crippen molar-refractivity contribution in [3.8, 4) is 11.3 Å². The van der Waals surface area contributed by atoms with E-state index in [2.05, 4.69) is 9.97 Å². The smallest absolute Gasteiger partial charge is 0.254 e. The zero-order valence-corrected chi connectivity index (χ0v) is 14.7. The molecule has 1 amide bonds. The number of hydrogen-bond acceptors (Lipinski definition) is 5. The summed E-state index contributed by atoms with van der Waals surface area (Å²) in [7, 11) is 0. The number of pyridine rings is 2. The van der Waals surface area contributed by atoms with Gasteiger partial charge in [-0.3, -0.25) is 4.79 Å². The van der Waals surface area contributed by atoms with Crippen LogP contribution in [0.25, 0.3) is 22.2 Å². The van der Waals surface area contributed by atoms with Crippen LogP contribution in [0.5, 0.6) is 0 Å². The molecule has 7 heteroatoms. The van der Waals surface area contributed by atoms with Crippen molar-refractivity contribution in [1.82, 2.24) is 14.9 Å². The maximum atomic E-state index is 13.1. The van der Waals surface area contributed by atoms with Gasteiger partial charge in [-0.05, 0) is 24.3 Å². The highest BCUT2D eigenvalue weighted by molar-refractivity contribution is 6.35. The number of aromatic nitrogens is 2. The first kappa shape index (κ1) is 16.8. The van der Waals surface area contributed by atoms with Gasteiger partial charge in [-0.1, -0.05) is 23.7 Å². The number of carbonyl (C=O) groups excluding carboxylic acids is 1. The molecule has 1 aliphatic rings. The maximum Gasteiger partial charge on any atom is 0.254 e. The number of halogens is 1. The second-order valence-corrected chi connectivity index (χ2v) is 6.47. The summed E-state index contributed by atoms with van der Waals surface area (Å²) in [5.74, 6) is 0.379. The summed E-state index contributed by atoms with van der Waals surface area (Å²) >= 11 is 6.36. The minimum Gasteiger partial charge on any atom is -0.384 e. The Bertz CT molecular complexity index is 969. The van der Waals surface area contributed by atoms with Crippen LogP contribution in [0.1, 0.15) is 10.4 Å². The lowest BCUT2D eigenvalue weighted by Crippen LogP contribution is -2.40. The van der Waals surface area contributed by atoms with Crippen LogP contribution in [0, 0.1) is 0 Å². The third-order valence-corrected chi connectivity index (χ3v) is 4.71. The topological polar surface area (TPSA) is 81.3 Å². The van der Waals surface area contributed by atoms with Gasteiger partial charge in [-0.25, -0.2) is 9.97 Å². The Morgan fingerprint density at radius 1 is 1.19 bits per heavy atom. The number of nitrogens with two attached hydrogens (primary N) is 1. The first-order valence-electron chi connectivity index (χ1n) is 8.31. The standard InChI is InChI=1S/C19H17ClN4O2/c20-15-3-1-2-13-14(19(25)24-6-8-26-9-7-24)10-16(23-18(13)15)12-4-5-17(21)22-11-12/h1-5,10-11H,6-9H2,(H2,21,22). The number of hydrogen-bond donors (Lipinski definition) is 1. The summed E-state index contributed by atoms with van der Waals surface area (Å²) in [6.45, 7) is 2.23. The van der Waals surface area contributed by atoms with Crippen molar-refractivity contribution >= 4 is 34.2 Å². The Hall–Kier alpha value is -2.70. The quantitative estimate of drug-likeness (QED) is 0.752. The van der Waals surface area contributed by atoms with E-state index in [4.69, 9.17) is 22.1 Å².